The van der Waals surface area contributed by atoms with E-state index in [2.05, 4.69) is 4.90 Å². The van der Waals surface area contributed by atoms with E-state index in [1.807, 2.05) is 0 Å². The Morgan fingerprint density at radius 2 is 1.96 bits per heavy atom. The van der Waals surface area contributed by atoms with Crippen molar-refractivity contribution in [1.82, 2.24) is 9.80 Å². The van der Waals surface area contributed by atoms with Crippen LogP contribution in [0, 0.1) is 23.6 Å². The van der Waals surface area contributed by atoms with Gasteiger partial charge in [-0.1, -0.05) is 0 Å². The first-order valence-electron chi connectivity index (χ1n) is 10.2. The monoisotopic (exact) mass is 394 g/mol. The molecule has 4 aliphatic rings. The van der Waals surface area contributed by atoms with Crippen LogP contribution in [0.15, 0.2) is 18.2 Å². The number of fused-ring (bicyclic) bond motifs is 3. The Kier molecular flexibility index (Phi) is 4.34. The van der Waals surface area contributed by atoms with Crippen LogP contribution >= 0.6 is 0 Å². The molecule has 7 heteroatoms. The summed E-state index contributed by atoms with van der Waals surface area (Å²) in [5, 5.41) is 0. The van der Waals surface area contributed by atoms with E-state index in [0.717, 1.165) is 12.1 Å². The lowest BCUT2D eigenvalue weighted by Crippen LogP contribution is -2.47. The maximum atomic E-state index is 14.0. The lowest BCUT2D eigenvalue weighted by Gasteiger charge is -2.36. The highest BCUT2D eigenvalue weighted by Crippen LogP contribution is 2.49. The van der Waals surface area contributed by atoms with Crippen molar-refractivity contribution in [3.63, 3.8) is 0 Å². The van der Waals surface area contributed by atoms with Gasteiger partial charge < -0.3 is 9.64 Å². The van der Waals surface area contributed by atoms with E-state index in [1.165, 1.54) is 25.0 Å². The lowest BCUT2D eigenvalue weighted by atomic mass is 9.84. The quantitative estimate of drug-likeness (QED) is 0.787. The molecule has 0 unspecified atom stereocenters. The van der Waals surface area contributed by atoms with Crippen LogP contribution in [-0.2, 0) is 4.79 Å². The van der Waals surface area contributed by atoms with Gasteiger partial charge in [0, 0.05) is 56.5 Å². The van der Waals surface area contributed by atoms with Crippen LogP contribution in [0.5, 0.6) is 5.75 Å². The number of piperidine rings is 1. The Balaban J connectivity index is 1.40. The van der Waals surface area contributed by atoms with Gasteiger partial charge in [-0.25, -0.2) is 13.2 Å². The molecule has 3 heterocycles. The molecule has 1 aromatic rings. The van der Waals surface area contributed by atoms with Gasteiger partial charge in [0.1, 0.15) is 11.6 Å². The highest BCUT2D eigenvalue weighted by Gasteiger charge is 2.51. The van der Waals surface area contributed by atoms with Crippen LogP contribution in [0.4, 0.5) is 13.2 Å². The van der Waals surface area contributed by atoms with Gasteiger partial charge in [0.2, 0.25) is 5.91 Å². The zero-order valence-electron chi connectivity index (χ0n) is 15.8. The summed E-state index contributed by atoms with van der Waals surface area (Å²) in [4.78, 5) is 17.1. The second kappa shape index (κ2) is 6.65. The van der Waals surface area contributed by atoms with Gasteiger partial charge in [-0.05, 0) is 37.0 Å². The first-order valence-corrected chi connectivity index (χ1v) is 10.2. The number of halogens is 3. The molecule has 0 spiro atoms. The van der Waals surface area contributed by atoms with Crippen LogP contribution in [0.3, 0.4) is 0 Å². The van der Waals surface area contributed by atoms with E-state index in [1.54, 1.807) is 11.0 Å². The average Bonchev–Trinajstić information content (AvgIpc) is 3.40. The number of carbonyl (C=O) groups is 1. The maximum absolute atomic E-state index is 14.0. The first-order chi connectivity index (χ1) is 13.4. The Labute approximate surface area is 162 Å². The molecule has 3 atom stereocenters. The number of benzene rings is 1. The molecule has 0 aromatic heterocycles. The molecular weight excluding hydrogens is 369 g/mol. The number of carbonyl (C=O) groups excluding carboxylic acids is 1. The topological polar surface area (TPSA) is 32.8 Å². The Morgan fingerprint density at radius 3 is 2.68 bits per heavy atom. The molecule has 1 amide bonds. The zero-order chi connectivity index (χ0) is 19.5. The molecule has 1 saturated carbocycles. The minimum Gasteiger partial charge on any atom is -0.493 e. The summed E-state index contributed by atoms with van der Waals surface area (Å²) in [5.74, 6) is -2.04. The normalized spacial score (nSPS) is 31.8. The molecule has 1 aromatic carbocycles. The fraction of sp³-hybridized carbons (Fsp3) is 0.667. The van der Waals surface area contributed by atoms with Crippen molar-refractivity contribution < 1.29 is 22.7 Å². The van der Waals surface area contributed by atoms with Gasteiger partial charge in [0.15, 0.2) is 0 Å². The molecular formula is C21H25F3N2O2. The summed E-state index contributed by atoms with van der Waals surface area (Å²) in [6, 6.07) is 4.55. The van der Waals surface area contributed by atoms with Crippen molar-refractivity contribution in [2.45, 2.75) is 37.6 Å². The molecule has 0 radical (unpaired) electrons. The second-order valence-electron chi connectivity index (χ2n) is 8.79. The highest BCUT2D eigenvalue weighted by atomic mass is 19.3. The summed E-state index contributed by atoms with van der Waals surface area (Å²) in [6.07, 6.45) is 1.85. The molecule has 1 aliphatic carbocycles. The molecule has 3 aliphatic heterocycles. The summed E-state index contributed by atoms with van der Waals surface area (Å²) >= 11 is 0. The van der Waals surface area contributed by atoms with Gasteiger partial charge in [0.25, 0.3) is 5.92 Å². The lowest BCUT2D eigenvalue weighted by molar-refractivity contribution is -0.142. The van der Waals surface area contributed by atoms with Crippen LogP contribution in [0.1, 0.15) is 37.3 Å². The fourth-order valence-corrected chi connectivity index (χ4v) is 5.07. The number of likely N-dealkylation sites (tertiary alicyclic amines) is 2. The molecule has 28 heavy (non-hydrogen) atoms. The van der Waals surface area contributed by atoms with Gasteiger partial charge >= 0.3 is 0 Å². The van der Waals surface area contributed by atoms with Crippen molar-refractivity contribution in [2.24, 2.45) is 17.8 Å². The Morgan fingerprint density at radius 1 is 1.21 bits per heavy atom. The van der Waals surface area contributed by atoms with E-state index >= 15 is 0 Å². The largest absolute Gasteiger partial charge is 0.493 e. The standard InChI is InChI=1S/C21H25F3N2O2/c22-14-3-4-18-15(9-14)19-17(12-28-18)16(11-26(19)10-13-1-2-13)20(27)25-7-5-21(23,24)6-8-25/h3-4,9,13,16-17,19H,1-2,5-8,10-12H2/t16-,17+,19+/m1/s1. The fourth-order valence-electron chi connectivity index (χ4n) is 5.07. The van der Waals surface area contributed by atoms with Crippen LogP contribution in [-0.4, -0.2) is 54.4 Å². The van der Waals surface area contributed by atoms with Gasteiger partial charge in [0.05, 0.1) is 12.5 Å². The summed E-state index contributed by atoms with van der Waals surface area (Å²) in [7, 11) is 0. The predicted molar refractivity (Wildman–Crippen MR) is 96.7 cm³/mol. The van der Waals surface area contributed by atoms with Crippen molar-refractivity contribution in [2.75, 3.05) is 32.8 Å². The third kappa shape index (κ3) is 3.27. The number of amides is 1. The third-order valence-electron chi connectivity index (χ3n) is 6.78. The molecule has 0 N–H and O–H groups in total. The van der Waals surface area contributed by atoms with Crippen LogP contribution in [0.25, 0.3) is 0 Å². The van der Waals surface area contributed by atoms with E-state index < -0.39 is 5.92 Å². The third-order valence-corrected chi connectivity index (χ3v) is 6.78. The van der Waals surface area contributed by atoms with Gasteiger partial charge in [-0.15, -0.1) is 0 Å². The van der Waals surface area contributed by atoms with Gasteiger partial charge in [-0.2, -0.15) is 0 Å². The smallest absolute Gasteiger partial charge is 0.251 e. The zero-order valence-corrected chi connectivity index (χ0v) is 15.8. The van der Waals surface area contributed by atoms with Crippen molar-refractivity contribution in [3.8, 4) is 5.75 Å². The van der Waals surface area contributed by atoms with Gasteiger partial charge in [-0.3, -0.25) is 9.69 Å². The van der Waals surface area contributed by atoms with E-state index in [-0.39, 0.29) is 55.5 Å². The molecule has 0 bridgehead atoms. The summed E-state index contributed by atoms with van der Waals surface area (Å²) in [6.45, 7) is 2.11. The summed E-state index contributed by atoms with van der Waals surface area (Å²) < 4.78 is 46.8. The maximum Gasteiger partial charge on any atom is 0.251 e. The van der Waals surface area contributed by atoms with Crippen LogP contribution < -0.4 is 4.74 Å². The number of hydrogen-bond donors (Lipinski definition) is 0. The average molecular weight is 394 g/mol. The Bertz CT molecular complexity index is 773. The summed E-state index contributed by atoms with van der Waals surface area (Å²) in [5.41, 5.74) is 0.817. The molecule has 2 saturated heterocycles. The number of ether oxygens (including phenoxy) is 1. The number of hydrogen-bond acceptors (Lipinski definition) is 3. The minimum absolute atomic E-state index is 0.0415. The second-order valence-corrected chi connectivity index (χ2v) is 8.79. The number of nitrogens with zero attached hydrogens (tertiary/aromatic N) is 2. The van der Waals surface area contributed by atoms with Crippen molar-refractivity contribution in [1.29, 1.82) is 0 Å². The number of rotatable bonds is 3. The molecule has 4 nitrogen and oxygen atoms in total. The van der Waals surface area contributed by atoms with Crippen molar-refractivity contribution >= 4 is 5.91 Å². The minimum atomic E-state index is -2.67. The molecule has 152 valence electrons. The van der Waals surface area contributed by atoms with Crippen LogP contribution in [0.2, 0.25) is 0 Å². The van der Waals surface area contributed by atoms with E-state index in [0.29, 0.717) is 24.8 Å². The predicted octanol–water partition coefficient (Wildman–Crippen LogP) is 3.47. The van der Waals surface area contributed by atoms with E-state index in [4.69, 9.17) is 4.74 Å². The molecule has 5 rings (SSSR count). The van der Waals surface area contributed by atoms with E-state index in [9.17, 15) is 18.0 Å². The number of alkyl halides is 2. The van der Waals surface area contributed by atoms with Crippen molar-refractivity contribution in [3.05, 3.63) is 29.6 Å². The Hall–Kier alpha value is -1.76. The first kappa shape index (κ1) is 18.3. The SMILES string of the molecule is O=C([C@@H]1CN(CC2CC2)[C@H]2c3cc(F)ccc3OC[C@@H]12)N1CCC(F)(F)CC1. The highest BCUT2D eigenvalue weighted by molar-refractivity contribution is 5.80. The molecule has 3 fully saturated rings.